The van der Waals surface area contributed by atoms with Crippen LogP contribution in [0.1, 0.15) is 46.0 Å². The highest BCUT2D eigenvalue weighted by molar-refractivity contribution is 5.89. The molecule has 0 aromatic rings. The summed E-state index contributed by atoms with van der Waals surface area (Å²) in [5, 5.41) is 3.22. The van der Waals surface area contributed by atoms with Gasteiger partial charge < -0.3 is 15.1 Å². The summed E-state index contributed by atoms with van der Waals surface area (Å²) in [5.41, 5.74) is 0. The van der Waals surface area contributed by atoms with Gasteiger partial charge in [0.15, 0.2) is 0 Å². The van der Waals surface area contributed by atoms with Crippen LogP contribution in [0.15, 0.2) is 0 Å². The Balaban J connectivity index is 1.85. The Kier molecular flexibility index (Phi) is 6.24. The van der Waals surface area contributed by atoms with Crippen molar-refractivity contribution in [2.45, 2.75) is 52.0 Å². The predicted octanol–water partition coefficient (Wildman–Crippen LogP) is 1.48. The number of piperidine rings is 1. The summed E-state index contributed by atoms with van der Waals surface area (Å²) < 4.78 is 0. The topological polar surface area (TPSA) is 52.7 Å². The first kappa shape index (κ1) is 17.3. The van der Waals surface area contributed by atoms with Gasteiger partial charge in [-0.3, -0.25) is 9.59 Å². The third kappa shape index (κ3) is 4.00. The Bertz CT molecular complexity index is 391. The molecule has 5 nitrogen and oxygen atoms in total. The molecule has 2 atom stereocenters. The number of carbonyl (C=O) groups excluding carboxylic acids is 2. The zero-order valence-electron chi connectivity index (χ0n) is 14.3. The van der Waals surface area contributed by atoms with E-state index in [0.29, 0.717) is 18.9 Å². The molecule has 0 aromatic carbocycles. The second-order valence-electron chi connectivity index (χ2n) is 6.91. The third-order valence-corrected chi connectivity index (χ3v) is 5.17. The average Bonchev–Trinajstić information content (AvgIpc) is 2.90. The van der Waals surface area contributed by atoms with E-state index in [4.69, 9.17) is 0 Å². The number of hydrogen-bond donors (Lipinski definition) is 1. The van der Waals surface area contributed by atoms with E-state index in [-0.39, 0.29) is 23.8 Å². The van der Waals surface area contributed by atoms with Crippen LogP contribution >= 0.6 is 0 Å². The first-order valence-electron chi connectivity index (χ1n) is 8.79. The molecular weight excluding hydrogens is 278 g/mol. The number of carbonyl (C=O) groups is 2. The standard InChI is InChI=1S/C17H31N3O2/c1-4-5-13(2)20-12-15(10-16(20)21)17(22)19-8-6-14(7-9-19)11-18-3/h13-15,18H,4-12H2,1-3H3. The van der Waals surface area contributed by atoms with Crippen LogP contribution in [0.3, 0.4) is 0 Å². The van der Waals surface area contributed by atoms with Crippen molar-refractivity contribution in [1.29, 1.82) is 0 Å². The fourth-order valence-corrected chi connectivity index (χ4v) is 3.80. The number of hydrogen-bond acceptors (Lipinski definition) is 3. The van der Waals surface area contributed by atoms with Gasteiger partial charge in [-0.05, 0) is 45.7 Å². The van der Waals surface area contributed by atoms with Crippen molar-refractivity contribution in [3.05, 3.63) is 0 Å². The molecule has 0 aromatic heterocycles. The monoisotopic (exact) mass is 309 g/mol. The van der Waals surface area contributed by atoms with Crippen molar-refractivity contribution < 1.29 is 9.59 Å². The van der Waals surface area contributed by atoms with Crippen molar-refractivity contribution in [2.24, 2.45) is 11.8 Å². The highest BCUT2D eigenvalue weighted by Gasteiger charge is 2.38. The minimum atomic E-state index is -0.118. The van der Waals surface area contributed by atoms with Crippen LogP contribution in [0.2, 0.25) is 0 Å². The minimum Gasteiger partial charge on any atom is -0.342 e. The molecule has 0 bridgehead atoms. The normalized spacial score (nSPS) is 24.9. The summed E-state index contributed by atoms with van der Waals surface area (Å²) in [5.74, 6) is 0.916. The van der Waals surface area contributed by atoms with Gasteiger partial charge in [0.2, 0.25) is 11.8 Å². The van der Waals surface area contributed by atoms with E-state index in [2.05, 4.69) is 19.2 Å². The van der Waals surface area contributed by atoms with Gasteiger partial charge in [-0.2, -0.15) is 0 Å². The van der Waals surface area contributed by atoms with Crippen molar-refractivity contribution in [3.8, 4) is 0 Å². The highest BCUT2D eigenvalue weighted by atomic mass is 16.2. The third-order valence-electron chi connectivity index (χ3n) is 5.17. The number of nitrogens with one attached hydrogen (secondary N) is 1. The quantitative estimate of drug-likeness (QED) is 0.808. The lowest BCUT2D eigenvalue weighted by molar-refractivity contribution is -0.137. The van der Waals surface area contributed by atoms with Crippen molar-refractivity contribution in [1.82, 2.24) is 15.1 Å². The molecule has 2 rings (SSSR count). The lowest BCUT2D eigenvalue weighted by atomic mass is 9.95. The Hall–Kier alpha value is -1.10. The highest BCUT2D eigenvalue weighted by Crippen LogP contribution is 2.26. The molecule has 0 saturated carbocycles. The van der Waals surface area contributed by atoms with Gasteiger partial charge in [-0.15, -0.1) is 0 Å². The maximum absolute atomic E-state index is 12.7. The van der Waals surface area contributed by atoms with Crippen LogP contribution in [-0.4, -0.2) is 60.9 Å². The Labute approximate surface area is 134 Å². The fraction of sp³-hybridized carbons (Fsp3) is 0.882. The number of likely N-dealkylation sites (tertiary alicyclic amines) is 2. The molecule has 2 unspecified atom stereocenters. The first-order chi connectivity index (χ1) is 10.6. The molecule has 0 spiro atoms. The number of nitrogens with zero attached hydrogens (tertiary/aromatic N) is 2. The molecule has 0 radical (unpaired) electrons. The molecule has 1 N–H and O–H groups in total. The molecule has 0 aliphatic carbocycles. The van der Waals surface area contributed by atoms with Gasteiger partial charge in [0, 0.05) is 32.1 Å². The zero-order chi connectivity index (χ0) is 16.1. The van der Waals surface area contributed by atoms with Crippen LogP contribution in [-0.2, 0) is 9.59 Å². The minimum absolute atomic E-state index is 0.118. The van der Waals surface area contributed by atoms with Crippen molar-refractivity contribution >= 4 is 11.8 Å². The molecule has 2 fully saturated rings. The van der Waals surface area contributed by atoms with Gasteiger partial charge in [0.05, 0.1) is 5.92 Å². The van der Waals surface area contributed by atoms with E-state index in [9.17, 15) is 9.59 Å². The van der Waals surface area contributed by atoms with Crippen LogP contribution in [0.25, 0.3) is 0 Å². The largest absolute Gasteiger partial charge is 0.342 e. The van der Waals surface area contributed by atoms with E-state index >= 15 is 0 Å². The van der Waals surface area contributed by atoms with Gasteiger partial charge in [0.25, 0.3) is 0 Å². The summed E-state index contributed by atoms with van der Waals surface area (Å²) in [6.45, 7) is 7.58. The summed E-state index contributed by atoms with van der Waals surface area (Å²) in [7, 11) is 1.98. The lowest BCUT2D eigenvalue weighted by Gasteiger charge is -2.33. The zero-order valence-corrected chi connectivity index (χ0v) is 14.3. The van der Waals surface area contributed by atoms with Crippen LogP contribution in [0.4, 0.5) is 0 Å². The van der Waals surface area contributed by atoms with E-state index in [0.717, 1.165) is 45.3 Å². The van der Waals surface area contributed by atoms with Crippen LogP contribution < -0.4 is 5.32 Å². The first-order valence-corrected chi connectivity index (χ1v) is 8.79. The summed E-state index contributed by atoms with van der Waals surface area (Å²) >= 11 is 0. The van der Waals surface area contributed by atoms with Crippen LogP contribution in [0.5, 0.6) is 0 Å². The maximum Gasteiger partial charge on any atom is 0.227 e. The predicted molar refractivity (Wildman–Crippen MR) is 87.4 cm³/mol. The summed E-state index contributed by atoms with van der Waals surface area (Å²) in [4.78, 5) is 28.7. The van der Waals surface area contributed by atoms with E-state index in [1.54, 1.807) is 0 Å². The molecule has 5 heteroatoms. The molecule has 2 heterocycles. The van der Waals surface area contributed by atoms with Crippen LogP contribution in [0, 0.1) is 11.8 Å². The molecule has 22 heavy (non-hydrogen) atoms. The van der Waals surface area contributed by atoms with E-state index in [1.807, 2.05) is 16.8 Å². The van der Waals surface area contributed by atoms with Crippen molar-refractivity contribution in [3.63, 3.8) is 0 Å². The number of rotatable bonds is 6. The summed E-state index contributed by atoms with van der Waals surface area (Å²) in [6, 6.07) is 0.261. The summed E-state index contributed by atoms with van der Waals surface area (Å²) in [6.07, 6.45) is 4.64. The van der Waals surface area contributed by atoms with E-state index < -0.39 is 0 Å². The lowest BCUT2D eigenvalue weighted by Crippen LogP contribution is -2.44. The Morgan fingerprint density at radius 3 is 2.64 bits per heavy atom. The Morgan fingerprint density at radius 1 is 1.36 bits per heavy atom. The number of amides is 2. The van der Waals surface area contributed by atoms with Gasteiger partial charge >= 0.3 is 0 Å². The average molecular weight is 309 g/mol. The Morgan fingerprint density at radius 2 is 2.05 bits per heavy atom. The molecule has 2 aliphatic rings. The molecule has 2 saturated heterocycles. The fourth-order valence-electron chi connectivity index (χ4n) is 3.80. The van der Waals surface area contributed by atoms with Gasteiger partial charge in [-0.1, -0.05) is 13.3 Å². The molecule has 2 aliphatic heterocycles. The molecule has 126 valence electrons. The molecular formula is C17H31N3O2. The smallest absolute Gasteiger partial charge is 0.227 e. The van der Waals surface area contributed by atoms with Gasteiger partial charge in [0.1, 0.15) is 0 Å². The van der Waals surface area contributed by atoms with E-state index in [1.165, 1.54) is 0 Å². The van der Waals surface area contributed by atoms with Gasteiger partial charge in [-0.25, -0.2) is 0 Å². The van der Waals surface area contributed by atoms with Crippen molar-refractivity contribution in [2.75, 3.05) is 33.2 Å². The SMILES string of the molecule is CCCC(C)N1CC(C(=O)N2CCC(CNC)CC2)CC1=O. The second-order valence-corrected chi connectivity index (χ2v) is 6.91. The molecule has 2 amide bonds. The second kappa shape index (κ2) is 7.95. The maximum atomic E-state index is 12.7.